The summed E-state index contributed by atoms with van der Waals surface area (Å²) in [5.74, 6) is -2.06. The van der Waals surface area contributed by atoms with Gasteiger partial charge in [-0.15, -0.1) is 0 Å². The third-order valence-corrected chi connectivity index (χ3v) is 5.47. The average molecular weight is 483 g/mol. The van der Waals surface area contributed by atoms with Crippen LogP contribution in [0.15, 0.2) is 64.5 Å². The number of ether oxygens (including phenoxy) is 3. The van der Waals surface area contributed by atoms with E-state index in [0.717, 1.165) is 17.8 Å². The Morgan fingerprint density at radius 3 is 1.94 bits per heavy atom. The van der Waals surface area contributed by atoms with Crippen molar-refractivity contribution in [3.63, 3.8) is 0 Å². The number of anilines is 1. The molecule has 10 heteroatoms. The van der Waals surface area contributed by atoms with E-state index in [2.05, 4.69) is 9.73 Å². The molecule has 0 unspecified atom stereocenters. The zero-order valence-electron chi connectivity index (χ0n) is 18.8. The number of amides is 1. The van der Waals surface area contributed by atoms with Gasteiger partial charge >= 0.3 is 17.9 Å². The van der Waals surface area contributed by atoms with Crippen LogP contribution < -0.4 is 4.90 Å². The minimum atomic E-state index is -0.673. The van der Waals surface area contributed by atoms with Crippen molar-refractivity contribution in [1.29, 1.82) is 0 Å². The number of rotatable bonds is 7. The van der Waals surface area contributed by atoms with E-state index in [0.29, 0.717) is 22.5 Å². The molecule has 1 aliphatic heterocycles. The second-order valence-electron chi connectivity index (χ2n) is 6.70. The Bertz CT molecular complexity index is 1150. The zero-order chi connectivity index (χ0) is 24.7. The third kappa shape index (κ3) is 5.70. The number of carbonyl (C=O) groups excluding carboxylic acids is 4. The number of hydrogen-bond donors (Lipinski definition) is 0. The topological polar surface area (TPSA) is 112 Å². The lowest BCUT2D eigenvalue weighted by molar-refractivity contribution is -0.135. The van der Waals surface area contributed by atoms with E-state index < -0.39 is 23.8 Å². The summed E-state index contributed by atoms with van der Waals surface area (Å²) in [6.07, 6.45) is 1.10. The van der Waals surface area contributed by atoms with Gasteiger partial charge in [-0.1, -0.05) is 0 Å². The number of hydrogen-bond acceptors (Lipinski definition) is 9. The molecule has 34 heavy (non-hydrogen) atoms. The molecule has 1 amide bonds. The number of aliphatic imine (C=N–C) groups is 1. The molecule has 1 heterocycles. The smallest absolute Gasteiger partial charge is 0.338 e. The SMILES string of the molecule is CCOC(=O)c1ccc(N=C2SC(=CC(=O)OC)C(=O)N2c2ccc(C(=O)OCC)cc2)cc1. The van der Waals surface area contributed by atoms with Gasteiger partial charge in [0.2, 0.25) is 0 Å². The fraction of sp³-hybridized carbons (Fsp3) is 0.208. The van der Waals surface area contributed by atoms with Gasteiger partial charge in [0, 0.05) is 6.08 Å². The maximum Gasteiger partial charge on any atom is 0.338 e. The Morgan fingerprint density at radius 2 is 1.44 bits per heavy atom. The molecule has 1 aliphatic rings. The molecule has 0 bridgehead atoms. The first-order chi connectivity index (χ1) is 16.4. The molecule has 0 aromatic heterocycles. The summed E-state index contributed by atoms with van der Waals surface area (Å²) >= 11 is 1.00. The third-order valence-electron chi connectivity index (χ3n) is 4.50. The lowest BCUT2D eigenvalue weighted by Gasteiger charge is -2.16. The van der Waals surface area contributed by atoms with Crippen molar-refractivity contribution in [2.45, 2.75) is 13.8 Å². The quantitative estimate of drug-likeness (QED) is 0.332. The van der Waals surface area contributed by atoms with Gasteiger partial charge in [-0.2, -0.15) is 0 Å². The Morgan fingerprint density at radius 1 is 0.912 bits per heavy atom. The zero-order valence-corrected chi connectivity index (χ0v) is 19.6. The van der Waals surface area contributed by atoms with Gasteiger partial charge in [0.15, 0.2) is 5.17 Å². The average Bonchev–Trinajstić information content (AvgIpc) is 3.14. The van der Waals surface area contributed by atoms with Crippen LogP contribution in [0, 0.1) is 0 Å². The molecule has 3 rings (SSSR count). The number of amidine groups is 1. The summed E-state index contributed by atoms with van der Waals surface area (Å²) in [5.41, 5.74) is 1.64. The van der Waals surface area contributed by atoms with Crippen LogP contribution in [0.1, 0.15) is 34.6 Å². The van der Waals surface area contributed by atoms with Crippen LogP contribution in [0.2, 0.25) is 0 Å². The molecule has 0 atom stereocenters. The maximum absolute atomic E-state index is 13.1. The second-order valence-corrected chi connectivity index (χ2v) is 7.71. The van der Waals surface area contributed by atoms with Crippen LogP contribution in [0.25, 0.3) is 0 Å². The molecule has 0 N–H and O–H groups in total. The normalized spacial score (nSPS) is 15.5. The van der Waals surface area contributed by atoms with E-state index in [1.54, 1.807) is 62.4 Å². The number of benzene rings is 2. The van der Waals surface area contributed by atoms with Crippen LogP contribution in [0.3, 0.4) is 0 Å². The monoisotopic (exact) mass is 482 g/mol. The van der Waals surface area contributed by atoms with Crippen molar-refractivity contribution >= 4 is 52.1 Å². The Labute approximate surface area is 200 Å². The molecule has 176 valence electrons. The van der Waals surface area contributed by atoms with Crippen LogP contribution in [0.5, 0.6) is 0 Å². The van der Waals surface area contributed by atoms with Gasteiger partial charge in [0.25, 0.3) is 5.91 Å². The Hall–Kier alpha value is -3.92. The van der Waals surface area contributed by atoms with Crippen molar-refractivity contribution in [2.24, 2.45) is 4.99 Å². The molecule has 0 saturated carbocycles. The number of thioether (sulfide) groups is 1. The van der Waals surface area contributed by atoms with Crippen LogP contribution in [-0.4, -0.2) is 49.3 Å². The van der Waals surface area contributed by atoms with Gasteiger partial charge in [-0.25, -0.2) is 19.4 Å². The maximum atomic E-state index is 13.1. The lowest BCUT2D eigenvalue weighted by Crippen LogP contribution is -2.28. The van der Waals surface area contributed by atoms with Crippen molar-refractivity contribution in [1.82, 2.24) is 0 Å². The van der Waals surface area contributed by atoms with E-state index in [1.165, 1.54) is 12.0 Å². The van der Waals surface area contributed by atoms with Gasteiger partial charge in [0.05, 0.1) is 47.7 Å². The predicted molar refractivity (Wildman–Crippen MR) is 127 cm³/mol. The highest BCUT2D eigenvalue weighted by atomic mass is 32.2. The molecule has 2 aromatic carbocycles. The largest absolute Gasteiger partial charge is 0.466 e. The highest BCUT2D eigenvalue weighted by molar-refractivity contribution is 8.19. The second kappa shape index (κ2) is 11.3. The first-order valence-corrected chi connectivity index (χ1v) is 11.1. The fourth-order valence-electron chi connectivity index (χ4n) is 2.90. The molecule has 1 fully saturated rings. The molecule has 1 saturated heterocycles. The van der Waals surface area contributed by atoms with Crippen molar-refractivity contribution < 1.29 is 33.4 Å². The van der Waals surface area contributed by atoms with Crippen molar-refractivity contribution in [3.05, 3.63) is 70.6 Å². The minimum Gasteiger partial charge on any atom is -0.466 e. The van der Waals surface area contributed by atoms with Crippen LogP contribution >= 0.6 is 11.8 Å². The highest BCUT2D eigenvalue weighted by Crippen LogP contribution is 2.36. The Kier molecular flexibility index (Phi) is 8.20. The van der Waals surface area contributed by atoms with E-state index in [1.807, 2.05) is 0 Å². The number of esters is 3. The minimum absolute atomic E-state index is 0.128. The Balaban J connectivity index is 1.96. The summed E-state index contributed by atoms with van der Waals surface area (Å²) in [7, 11) is 1.22. The van der Waals surface area contributed by atoms with Crippen molar-refractivity contribution in [3.8, 4) is 0 Å². The first kappa shape index (κ1) is 24.7. The summed E-state index contributed by atoms with van der Waals surface area (Å²) < 4.78 is 14.6. The predicted octanol–water partition coefficient (Wildman–Crippen LogP) is 3.86. The van der Waals surface area contributed by atoms with Gasteiger partial charge in [-0.3, -0.25) is 9.69 Å². The first-order valence-electron chi connectivity index (χ1n) is 10.3. The fourth-order valence-corrected chi connectivity index (χ4v) is 3.86. The van der Waals surface area contributed by atoms with Crippen molar-refractivity contribution in [2.75, 3.05) is 25.2 Å². The molecule has 9 nitrogen and oxygen atoms in total. The molecular formula is C24H22N2O7S. The summed E-state index contributed by atoms with van der Waals surface area (Å²) in [6, 6.07) is 12.6. The molecular weight excluding hydrogens is 460 g/mol. The van der Waals surface area contributed by atoms with Gasteiger partial charge in [-0.05, 0) is 74.1 Å². The van der Waals surface area contributed by atoms with E-state index in [9.17, 15) is 19.2 Å². The highest BCUT2D eigenvalue weighted by Gasteiger charge is 2.35. The lowest BCUT2D eigenvalue weighted by atomic mass is 10.2. The van der Waals surface area contributed by atoms with E-state index in [-0.39, 0.29) is 23.3 Å². The van der Waals surface area contributed by atoms with Crippen LogP contribution in [-0.2, 0) is 23.8 Å². The molecule has 0 spiro atoms. The number of nitrogens with zero attached hydrogens (tertiary/aromatic N) is 2. The molecule has 0 radical (unpaired) electrons. The van der Waals surface area contributed by atoms with E-state index in [4.69, 9.17) is 9.47 Å². The van der Waals surface area contributed by atoms with E-state index >= 15 is 0 Å². The number of methoxy groups -OCH3 is 1. The van der Waals surface area contributed by atoms with Crippen LogP contribution in [0.4, 0.5) is 11.4 Å². The molecule has 0 aliphatic carbocycles. The summed E-state index contributed by atoms with van der Waals surface area (Å²) in [5, 5.41) is 0.285. The van der Waals surface area contributed by atoms with Gasteiger partial charge in [0.1, 0.15) is 0 Å². The van der Waals surface area contributed by atoms with Gasteiger partial charge < -0.3 is 14.2 Å². The molecule has 2 aromatic rings. The summed E-state index contributed by atoms with van der Waals surface area (Å²) in [6.45, 7) is 3.94. The number of carbonyl (C=O) groups is 4. The standard InChI is InChI=1S/C24H22N2O7S/c1-4-32-22(29)15-6-10-17(11-7-15)25-24-26(21(28)19(34-24)14-20(27)31-3)18-12-8-16(9-13-18)23(30)33-5-2/h6-14H,4-5H2,1-3H3. The summed E-state index contributed by atoms with van der Waals surface area (Å²) in [4.78, 5) is 54.6.